The van der Waals surface area contributed by atoms with Crippen molar-refractivity contribution in [3.05, 3.63) is 18.5 Å². The molecule has 72 valence electrons. The Bertz CT molecular complexity index is 262. The highest BCUT2D eigenvalue weighted by Crippen LogP contribution is 2.18. The Balaban J connectivity index is 2.65. The number of nitrogen functional groups attached to an aromatic ring is 1. The van der Waals surface area contributed by atoms with Gasteiger partial charge in [-0.15, -0.1) is 0 Å². The van der Waals surface area contributed by atoms with Gasteiger partial charge in [0.2, 0.25) is 0 Å². The van der Waals surface area contributed by atoms with Gasteiger partial charge in [-0.25, -0.2) is 0 Å². The van der Waals surface area contributed by atoms with Gasteiger partial charge in [-0.1, -0.05) is 0 Å². The molecule has 0 unspecified atom stereocenters. The first-order valence-electron chi connectivity index (χ1n) is 4.31. The summed E-state index contributed by atoms with van der Waals surface area (Å²) >= 11 is 0. The molecule has 1 heterocycles. The Morgan fingerprint density at radius 1 is 1.62 bits per heavy atom. The van der Waals surface area contributed by atoms with Crippen molar-refractivity contribution >= 4 is 11.4 Å². The van der Waals surface area contributed by atoms with Crippen LogP contribution < -0.4 is 16.0 Å². The number of likely N-dealkylation sites (N-methyl/N-ethyl adjacent to an activating group) is 2. The summed E-state index contributed by atoms with van der Waals surface area (Å²) in [7, 11) is 3.95. The molecule has 0 aliphatic heterocycles. The maximum absolute atomic E-state index is 5.77. The van der Waals surface area contributed by atoms with E-state index in [-0.39, 0.29) is 0 Å². The van der Waals surface area contributed by atoms with Crippen LogP contribution in [0.15, 0.2) is 18.5 Å². The average molecular weight is 180 g/mol. The molecule has 1 aromatic rings. The van der Waals surface area contributed by atoms with E-state index < -0.39 is 0 Å². The molecular weight excluding hydrogens is 164 g/mol. The van der Waals surface area contributed by atoms with Crippen LogP contribution in [0.4, 0.5) is 11.4 Å². The average Bonchev–Trinajstić information content (AvgIpc) is 2.15. The van der Waals surface area contributed by atoms with E-state index in [9.17, 15) is 0 Å². The van der Waals surface area contributed by atoms with Crippen molar-refractivity contribution in [3.8, 4) is 0 Å². The molecule has 0 aliphatic rings. The van der Waals surface area contributed by atoms with Crippen molar-refractivity contribution in [2.24, 2.45) is 0 Å². The molecule has 0 saturated carbocycles. The molecule has 0 fully saturated rings. The lowest BCUT2D eigenvalue weighted by Gasteiger charge is -2.20. The molecule has 0 spiro atoms. The van der Waals surface area contributed by atoms with Crippen LogP contribution >= 0.6 is 0 Å². The highest BCUT2D eigenvalue weighted by atomic mass is 15.1. The Morgan fingerprint density at radius 2 is 2.38 bits per heavy atom. The third-order valence-electron chi connectivity index (χ3n) is 1.94. The number of nitrogens with one attached hydrogen (secondary N) is 1. The Kier molecular flexibility index (Phi) is 3.52. The standard InChI is InChI=1S/C9H16N4/c1-11-5-6-13(2)9-3-4-12-7-8(9)10/h3-4,7,11H,5-6,10H2,1-2H3. The Morgan fingerprint density at radius 3 is 3.00 bits per heavy atom. The SMILES string of the molecule is CNCCN(C)c1ccncc1N. The summed E-state index contributed by atoms with van der Waals surface area (Å²) in [6, 6.07) is 1.92. The number of hydrogen-bond acceptors (Lipinski definition) is 4. The summed E-state index contributed by atoms with van der Waals surface area (Å²) in [5.74, 6) is 0. The monoisotopic (exact) mass is 180 g/mol. The van der Waals surface area contributed by atoms with Crippen LogP contribution in [0.1, 0.15) is 0 Å². The summed E-state index contributed by atoms with van der Waals surface area (Å²) < 4.78 is 0. The molecule has 1 rings (SSSR count). The van der Waals surface area contributed by atoms with Crippen molar-refractivity contribution < 1.29 is 0 Å². The number of anilines is 2. The van der Waals surface area contributed by atoms with E-state index in [2.05, 4.69) is 15.2 Å². The lowest BCUT2D eigenvalue weighted by molar-refractivity contribution is 0.768. The van der Waals surface area contributed by atoms with Crippen LogP contribution in [0, 0.1) is 0 Å². The molecule has 0 amide bonds. The quantitative estimate of drug-likeness (QED) is 0.700. The lowest BCUT2D eigenvalue weighted by atomic mass is 10.3. The summed E-state index contributed by atoms with van der Waals surface area (Å²) in [5, 5.41) is 3.09. The summed E-state index contributed by atoms with van der Waals surface area (Å²) in [4.78, 5) is 6.04. The third-order valence-corrected chi connectivity index (χ3v) is 1.94. The molecule has 3 N–H and O–H groups in total. The first-order valence-corrected chi connectivity index (χ1v) is 4.31. The van der Waals surface area contributed by atoms with E-state index in [0.717, 1.165) is 24.5 Å². The van der Waals surface area contributed by atoms with E-state index in [1.165, 1.54) is 0 Å². The topological polar surface area (TPSA) is 54.2 Å². The van der Waals surface area contributed by atoms with E-state index >= 15 is 0 Å². The fourth-order valence-electron chi connectivity index (χ4n) is 1.15. The fourth-order valence-corrected chi connectivity index (χ4v) is 1.15. The molecule has 1 aromatic heterocycles. The van der Waals surface area contributed by atoms with Gasteiger partial charge in [0.05, 0.1) is 17.6 Å². The Labute approximate surface area is 78.8 Å². The number of rotatable bonds is 4. The number of hydrogen-bond donors (Lipinski definition) is 2. The van der Waals surface area contributed by atoms with Gasteiger partial charge in [0, 0.05) is 26.3 Å². The van der Waals surface area contributed by atoms with Crippen LogP contribution in [0.25, 0.3) is 0 Å². The third kappa shape index (κ3) is 2.59. The molecule has 0 radical (unpaired) electrons. The fraction of sp³-hybridized carbons (Fsp3) is 0.444. The molecular formula is C9H16N4. The first kappa shape index (κ1) is 9.80. The highest BCUT2D eigenvalue weighted by molar-refractivity contribution is 5.65. The molecule has 0 aromatic carbocycles. The van der Waals surface area contributed by atoms with Crippen molar-refractivity contribution in [2.75, 3.05) is 37.8 Å². The van der Waals surface area contributed by atoms with E-state index in [1.54, 1.807) is 12.4 Å². The predicted octanol–water partition coefficient (Wildman–Crippen LogP) is 0.319. The van der Waals surface area contributed by atoms with Gasteiger partial charge >= 0.3 is 0 Å². The Hall–Kier alpha value is -1.29. The number of pyridine rings is 1. The van der Waals surface area contributed by atoms with Gasteiger partial charge < -0.3 is 16.0 Å². The van der Waals surface area contributed by atoms with Gasteiger partial charge in [-0.05, 0) is 13.1 Å². The van der Waals surface area contributed by atoms with E-state index in [1.807, 2.05) is 20.2 Å². The maximum Gasteiger partial charge on any atom is 0.0738 e. The number of aromatic nitrogens is 1. The zero-order valence-electron chi connectivity index (χ0n) is 8.12. The lowest BCUT2D eigenvalue weighted by Crippen LogP contribution is -2.27. The minimum atomic E-state index is 0.723. The normalized spacial score (nSPS) is 10.0. The minimum absolute atomic E-state index is 0.723. The summed E-state index contributed by atoms with van der Waals surface area (Å²) in [6.45, 7) is 1.88. The van der Waals surface area contributed by atoms with Gasteiger partial charge in [0.15, 0.2) is 0 Å². The second-order valence-corrected chi connectivity index (χ2v) is 2.96. The highest BCUT2D eigenvalue weighted by Gasteiger charge is 2.02. The largest absolute Gasteiger partial charge is 0.396 e. The molecule has 0 aliphatic carbocycles. The van der Waals surface area contributed by atoms with Gasteiger partial charge in [0.1, 0.15) is 0 Å². The second kappa shape index (κ2) is 4.67. The van der Waals surface area contributed by atoms with Crippen LogP contribution in [0.5, 0.6) is 0 Å². The molecule has 0 atom stereocenters. The van der Waals surface area contributed by atoms with Crippen LogP contribution in [0.3, 0.4) is 0 Å². The van der Waals surface area contributed by atoms with Crippen molar-refractivity contribution in [3.63, 3.8) is 0 Å². The first-order chi connectivity index (χ1) is 6.25. The number of nitrogens with two attached hydrogens (primary N) is 1. The summed E-state index contributed by atoms with van der Waals surface area (Å²) in [6.07, 6.45) is 3.42. The van der Waals surface area contributed by atoms with Gasteiger partial charge in [-0.3, -0.25) is 4.98 Å². The van der Waals surface area contributed by atoms with Gasteiger partial charge in [0.25, 0.3) is 0 Å². The van der Waals surface area contributed by atoms with E-state index in [0.29, 0.717) is 0 Å². The van der Waals surface area contributed by atoms with Crippen LogP contribution in [0.2, 0.25) is 0 Å². The maximum atomic E-state index is 5.77. The van der Waals surface area contributed by atoms with Gasteiger partial charge in [-0.2, -0.15) is 0 Å². The van der Waals surface area contributed by atoms with Crippen molar-refractivity contribution in [1.29, 1.82) is 0 Å². The smallest absolute Gasteiger partial charge is 0.0738 e. The molecule has 13 heavy (non-hydrogen) atoms. The molecule has 4 nitrogen and oxygen atoms in total. The zero-order chi connectivity index (χ0) is 9.68. The van der Waals surface area contributed by atoms with Crippen molar-refractivity contribution in [1.82, 2.24) is 10.3 Å². The van der Waals surface area contributed by atoms with Crippen molar-refractivity contribution in [2.45, 2.75) is 0 Å². The van der Waals surface area contributed by atoms with Crippen LogP contribution in [-0.2, 0) is 0 Å². The molecule has 4 heteroatoms. The van der Waals surface area contributed by atoms with Crippen LogP contribution in [-0.4, -0.2) is 32.2 Å². The minimum Gasteiger partial charge on any atom is -0.396 e. The molecule has 0 bridgehead atoms. The van der Waals surface area contributed by atoms with E-state index in [4.69, 9.17) is 5.73 Å². The second-order valence-electron chi connectivity index (χ2n) is 2.96. The predicted molar refractivity (Wildman–Crippen MR) is 55.8 cm³/mol. The summed E-state index contributed by atoms with van der Waals surface area (Å²) in [5.41, 5.74) is 7.52. The number of nitrogens with zero attached hydrogens (tertiary/aromatic N) is 2. The zero-order valence-corrected chi connectivity index (χ0v) is 8.12. The molecule has 0 saturated heterocycles.